The molecule has 0 radical (unpaired) electrons. The number of nitrogens with zero attached hydrogens (tertiary/aromatic N) is 2. The normalized spacial score (nSPS) is 14.7. The van der Waals surface area contributed by atoms with Gasteiger partial charge in [-0.25, -0.2) is 4.39 Å². The monoisotopic (exact) mass is 444 g/mol. The van der Waals surface area contributed by atoms with Crippen molar-refractivity contribution < 1.29 is 13.9 Å². The van der Waals surface area contributed by atoms with Gasteiger partial charge in [0.1, 0.15) is 18.2 Å². The van der Waals surface area contributed by atoms with E-state index >= 15 is 0 Å². The summed E-state index contributed by atoms with van der Waals surface area (Å²) < 4.78 is 18.6. The Balaban J connectivity index is 1.27. The van der Waals surface area contributed by atoms with Crippen LogP contribution in [-0.2, 0) is 13.2 Å². The molecule has 3 aromatic rings. The van der Waals surface area contributed by atoms with Gasteiger partial charge in [-0.1, -0.05) is 23.7 Å². The summed E-state index contributed by atoms with van der Waals surface area (Å²) in [5, 5.41) is 2.69. The van der Waals surface area contributed by atoms with Crippen molar-refractivity contribution in [3.63, 3.8) is 0 Å². The Morgan fingerprint density at radius 3 is 2.53 bits per heavy atom. The lowest BCUT2D eigenvalue weighted by Gasteiger charge is -2.34. The Bertz CT molecular complexity index is 1000. The first-order chi connectivity index (χ1) is 14.6. The van der Waals surface area contributed by atoms with E-state index < -0.39 is 0 Å². The molecule has 4 rings (SSSR count). The SMILES string of the molecule is O=C(c1cc(COc2ccc(F)cc2)cs1)N1CCN(Cc2cccc(Cl)c2)CC1. The number of hydrogen-bond acceptors (Lipinski definition) is 4. The molecule has 0 spiro atoms. The van der Waals surface area contributed by atoms with Crippen LogP contribution >= 0.6 is 22.9 Å². The molecular weight excluding hydrogens is 423 g/mol. The third-order valence-electron chi connectivity index (χ3n) is 5.04. The number of rotatable bonds is 6. The average molecular weight is 445 g/mol. The quantitative estimate of drug-likeness (QED) is 0.531. The summed E-state index contributed by atoms with van der Waals surface area (Å²) in [6.07, 6.45) is 0. The number of hydrogen-bond donors (Lipinski definition) is 0. The highest BCUT2D eigenvalue weighted by molar-refractivity contribution is 7.12. The number of carbonyl (C=O) groups excluding carboxylic acids is 1. The molecule has 156 valence electrons. The average Bonchev–Trinajstić information content (AvgIpc) is 3.22. The molecule has 1 saturated heterocycles. The smallest absolute Gasteiger partial charge is 0.264 e. The Kier molecular flexibility index (Phi) is 6.67. The van der Waals surface area contributed by atoms with Crippen LogP contribution in [0.1, 0.15) is 20.8 Å². The first-order valence-corrected chi connectivity index (χ1v) is 11.0. The van der Waals surface area contributed by atoms with E-state index in [1.165, 1.54) is 29.0 Å². The topological polar surface area (TPSA) is 32.8 Å². The molecule has 30 heavy (non-hydrogen) atoms. The van der Waals surface area contributed by atoms with E-state index in [0.29, 0.717) is 25.4 Å². The molecule has 0 aliphatic carbocycles. The number of carbonyl (C=O) groups is 1. The summed E-state index contributed by atoms with van der Waals surface area (Å²) in [4.78, 5) is 17.8. The van der Waals surface area contributed by atoms with Crippen LogP contribution in [0.5, 0.6) is 5.75 Å². The highest BCUT2D eigenvalue weighted by Gasteiger charge is 2.23. The van der Waals surface area contributed by atoms with Gasteiger partial charge >= 0.3 is 0 Å². The van der Waals surface area contributed by atoms with Crippen LogP contribution < -0.4 is 4.74 Å². The molecule has 0 unspecified atom stereocenters. The van der Waals surface area contributed by atoms with Crippen molar-refractivity contribution in [1.29, 1.82) is 0 Å². The van der Waals surface area contributed by atoms with Gasteiger partial charge < -0.3 is 9.64 Å². The third kappa shape index (κ3) is 5.39. The molecule has 1 aliphatic rings. The van der Waals surface area contributed by atoms with Crippen molar-refractivity contribution in [2.45, 2.75) is 13.2 Å². The Labute approximate surface area is 184 Å². The molecule has 2 aromatic carbocycles. The van der Waals surface area contributed by atoms with Gasteiger partial charge in [-0.3, -0.25) is 9.69 Å². The van der Waals surface area contributed by atoms with E-state index in [9.17, 15) is 9.18 Å². The summed E-state index contributed by atoms with van der Waals surface area (Å²) in [6.45, 7) is 4.28. The van der Waals surface area contributed by atoms with Gasteiger partial charge in [0.15, 0.2) is 0 Å². The minimum Gasteiger partial charge on any atom is -0.489 e. The molecule has 0 saturated carbocycles. The zero-order chi connectivity index (χ0) is 20.9. The molecule has 1 fully saturated rings. The molecule has 0 atom stereocenters. The molecule has 4 nitrogen and oxygen atoms in total. The summed E-state index contributed by atoms with van der Waals surface area (Å²) in [7, 11) is 0. The third-order valence-corrected chi connectivity index (χ3v) is 6.24. The number of amides is 1. The van der Waals surface area contributed by atoms with Gasteiger partial charge in [0, 0.05) is 43.3 Å². The standard InChI is InChI=1S/C23H22ClFN2O2S/c24-19-3-1-2-17(12-19)14-26-8-10-27(11-9-26)23(28)22-13-18(16-30-22)15-29-21-6-4-20(25)5-7-21/h1-7,12-13,16H,8-11,14-15H2. The number of halogens is 2. The lowest BCUT2D eigenvalue weighted by molar-refractivity contribution is 0.0633. The number of piperazine rings is 1. The van der Waals surface area contributed by atoms with Crippen LogP contribution in [-0.4, -0.2) is 41.9 Å². The first kappa shape index (κ1) is 20.8. The fraction of sp³-hybridized carbons (Fsp3) is 0.261. The van der Waals surface area contributed by atoms with E-state index in [1.54, 1.807) is 12.1 Å². The first-order valence-electron chi connectivity index (χ1n) is 9.79. The van der Waals surface area contributed by atoms with Crippen LogP contribution in [0.3, 0.4) is 0 Å². The van der Waals surface area contributed by atoms with Crippen LogP contribution in [0.25, 0.3) is 0 Å². The molecule has 0 bridgehead atoms. The maximum Gasteiger partial charge on any atom is 0.264 e. The number of benzene rings is 2. The highest BCUT2D eigenvalue weighted by Crippen LogP contribution is 2.21. The van der Waals surface area contributed by atoms with Gasteiger partial charge in [0.05, 0.1) is 4.88 Å². The van der Waals surface area contributed by atoms with Gasteiger partial charge in [0.2, 0.25) is 0 Å². The van der Waals surface area contributed by atoms with Gasteiger partial charge in [0.25, 0.3) is 5.91 Å². The lowest BCUT2D eigenvalue weighted by atomic mass is 10.2. The van der Waals surface area contributed by atoms with Gasteiger partial charge in [-0.05, 0) is 53.4 Å². The highest BCUT2D eigenvalue weighted by atomic mass is 35.5. The maximum absolute atomic E-state index is 13.0. The summed E-state index contributed by atoms with van der Waals surface area (Å²) in [5.74, 6) is 0.375. The predicted octanol–water partition coefficient (Wildman–Crippen LogP) is 5.08. The molecule has 1 aromatic heterocycles. The lowest BCUT2D eigenvalue weighted by Crippen LogP contribution is -2.48. The zero-order valence-corrected chi connectivity index (χ0v) is 18.0. The molecular formula is C23H22ClFN2O2S. The van der Waals surface area contributed by atoms with E-state index in [0.717, 1.165) is 35.1 Å². The molecule has 7 heteroatoms. The molecule has 0 N–H and O–H groups in total. The second-order valence-electron chi connectivity index (χ2n) is 7.26. The second kappa shape index (κ2) is 9.60. The molecule has 1 aliphatic heterocycles. The van der Waals surface area contributed by atoms with E-state index in [1.807, 2.05) is 34.5 Å². The van der Waals surface area contributed by atoms with E-state index in [-0.39, 0.29) is 11.7 Å². The van der Waals surface area contributed by atoms with Gasteiger partial charge in [-0.15, -0.1) is 11.3 Å². The van der Waals surface area contributed by atoms with Crippen molar-refractivity contribution >= 4 is 28.8 Å². The summed E-state index contributed by atoms with van der Waals surface area (Å²) in [6, 6.07) is 15.7. The van der Waals surface area contributed by atoms with Crippen LogP contribution in [0.15, 0.2) is 60.0 Å². The minimum absolute atomic E-state index is 0.0652. The van der Waals surface area contributed by atoms with Crippen molar-refractivity contribution in [3.05, 3.63) is 86.8 Å². The van der Waals surface area contributed by atoms with Crippen molar-refractivity contribution in [2.75, 3.05) is 26.2 Å². The van der Waals surface area contributed by atoms with Crippen LogP contribution in [0.2, 0.25) is 5.02 Å². The second-order valence-corrected chi connectivity index (χ2v) is 8.61. The zero-order valence-electron chi connectivity index (χ0n) is 16.4. The van der Waals surface area contributed by atoms with E-state index in [4.69, 9.17) is 16.3 Å². The fourth-order valence-corrected chi connectivity index (χ4v) is 4.50. The number of ether oxygens (including phenoxy) is 1. The Hall–Kier alpha value is -2.41. The van der Waals surface area contributed by atoms with Crippen molar-refractivity contribution in [1.82, 2.24) is 9.80 Å². The predicted molar refractivity (Wildman–Crippen MR) is 118 cm³/mol. The van der Waals surface area contributed by atoms with Crippen molar-refractivity contribution in [2.24, 2.45) is 0 Å². The van der Waals surface area contributed by atoms with Gasteiger partial charge in [-0.2, -0.15) is 0 Å². The van der Waals surface area contributed by atoms with Crippen LogP contribution in [0.4, 0.5) is 4.39 Å². The summed E-state index contributed by atoms with van der Waals surface area (Å²) >= 11 is 7.50. The fourth-order valence-electron chi connectivity index (χ4n) is 3.42. The minimum atomic E-state index is -0.293. The Morgan fingerprint density at radius 2 is 1.80 bits per heavy atom. The van der Waals surface area contributed by atoms with Crippen LogP contribution in [0, 0.1) is 5.82 Å². The summed E-state index contributed by atoms with van der Waals surface area (Å²) in [5.41, 5.74) is 2.12. The van der Waals surface area contributed by atoms with Crippen molar-refractivity contribution in [3.8, 4) is 5.75 Å². The Morgan fingerprint density at radius 1 is 1.03 bits per heavy atom. The maximum atomic E-state index is 13.0. The van der Waals surface area contributed by atoms with E-state index in [2.05, 4.69) is 11.0 Å². The molecule has 1 amide bonds. The number of thiophene rings is 1. The largest absolute Gasteiger partial charge is 0.489 e. The molecule has 2 heterocycles.